The van der Waals surface area contributed by atoms with E-state index in [9.17, 15) is 0 Å². The Morgan fingerprint density at radius 3 is 2.14 bits per heavy atom. The van der Waals surface area contributed by atoms with Crippen molar-refractivity contribution in [2.24, 2.45) is 0 Å². The summed E-state index contributed by atoms with van der Waals surface area (Å²) >= 11 is 1.87. The van der Waals surface area contributed by atoms with E-state index in [1.165, 1.54) is 36.7 Å². The molecule has 1 unspecified atom stereocenters. The topological polar surface area (TPSA) is 24.5 Å². The van der Waals surface area contributed by atoms with Crippen LogP contribution in [0.3, 0.4) is 0 Å². The minimum atomic E-state index is -0.212. The van der Waals surface area contributed by atoms with Crippen LogP contribution in [0.4, 0.5) is 22.7 Å². The molecule has 4 heteroatoms. The molecule has 1 aliphatic rings. The van der Waals surface area contributed by atoms with Crippen LogP contribution in [0.15, 0.2) is 170 Å². The van der Waals surface area contributed by atoms with Gasteiger partial charge in [-0.05, 0) is 75.8 Å². The van der Waals surface area contributed by atoms with Crippen molar-refractivity contribution in [2.75, 3.05) is 10.2 Å². The van der Waals surface area contributed by atoms with Gasteiger partial charge in [-0.3, -0.25) is 0 Å². The second kappa shape index (κ2) is 11.3. The SMILES string of the molecule is c1ccc(C2Nc3ccc4ccc5cc(N(c6ccccc6)c6cccc(-c7cccc8c7sc7ccccc78)c6)ccc5c4c3O2)cc1. The average molecular weight is 647 g/mol. The van der Waals surface area contributed by atoms with E-state index < -0.39 is 0 Å². The summed E-state index contributed by atoms with van der Waals surface area (Å²) in [6.07, 6.45) is -0.212. The predicted molar refractivity (Wildman–Crippen MR) is 208 cm³/mol. The quantitative estimate of drug-likeness (QED) is 0.188. The van der Waals surface area contributed by atoms with Gasteiger partial charge in [-0.2, -0.15) is 0 Å². The van der Waals surface area contributed by atoms with Gasteiger partial charge in [0.1, 0.15) is 0 Å². The maximum atomic E-state index is 6.61. The fourth-order valence-electron chi connectivity index (χ4n) is 7.36. The van der Waals surface area contributed by atoms with Gasteiger partial charge in [-0.1, -0.05) is 121 Å². The Morgan fingerprint density at radius 2 is 1.24 bits per heavy atom. The molecule has 232 valence electrons. The molecule has 49 heavy (non-hydrogen) atoms. The van der Waals surface area contributed by atoms with Gasteiger partial charge in [-0.25, -0.2) is 0 Å². The maximum Gasteiger partial charge on any atom is 0.196 e. The van der Waals surface area contributed by atoms with Crippen LogP contribution < -0.4 is 15.0 Å². The van der Waals surface area contributed by atoms with Gasteiger partial charge in [0.15, 0.2) is 12.0 Å². The molecule has 9 aromatic rings. The highest BCUT2D eigenvalue weighted by atomic mass is 32.1. The lowest BCUT2D eigenvalue weighted by atomic mass is 9.99. The highest BCUT2D eigenvalue weighted by molar-refractivity contribution is 7.26. The first-order chi connectivity index (χ1) is 24.3. The molecule has 0 spiro atoms. The first-order valence-corrected chi connectivity index (χ1v) is 17.4. The number of ether oxygens (including phenoxy) is 1. The highest BCUT2D eigenvalue weighted by Crippen LogP contribution is 2.47. The number of nitrogens with one attached hydrogen (secondary N) is 1. The van der Waals surface area contributed by atoms with E-state index in [0.29, 0.717) is 0 Å². The molecule has 0 saturated heterocycles. The van der Waals surface area contributed by atoms with Crippen molar-refractivity contribution in [3.63, 3.8) is 0 Å². The van der Waals surface area contributed by atoms with Crippen LogP contribution in [0, 0.1) is 0 Å². The Kier molecular flexibility index (Phi) is 6.42. The van der Waals surface area contributed by atoms with Crippen molar-refractivity contribution in [2.45, 2.75) is 6.23 Å². The highest BCUT2D eigenvalue weighted by Gasteiger charge is 2.26. The van der Waals surface area contributed by atoms with Crippen molar-refractivity contribution < 1.29 is 4.74 Å². The number of anilines is 4. The zero-order valence-corrected chi connectivity index (χ0v) is 27.3. The summed E-state index contributed by atoms with van der Waals surface area (Å²) in [7, 11) is 0. The summed E-state index contributed by atoms with van der Waals surface area (Å²) in [6.45, 7) is 0. The van der Waals surface area contributed by atoms with E-state index in [4.69, 9.17) is 4.74 Å². The molecule has 0 saturated carbocycles. The summed E-state index contributed by atoms with van der Waals surface area (Å²) in [5.74, 6) is 0.910. The van der Waals surface area contributed by atoms with Crippen LogP contribution in [-0.4, -0.2) is 0 Å². The Hall–Kier alpha value is -6.10. The van der Waals surface area contributed by atoms with Crippen LogP contribution in [0.2, 0.25) is 0 Å². The van der Waals surface area contributed by atoms with E-state index in [2.05, 4.69) is 174 Å². The number of fused-ring (bicyclic) bond motifs is 8. The van der Waals surface area contributed by atoms with Crippen LogP contribution in [0.5, 0.6) is 5.75 Å². The first-order valence-electron chi connectivity index (χ1n) is 16.6. The molecular weight excluding hydrogens is 617 g/mol. The van der Waals surface area contributed by atoms with Crippen molar-refractivity contribution in [1.29, 1.82) is 0 Å². The molecule has 1 atom stereocenters. The zero-order valence-electron chi connectivity index (χ0n) is 26.5. The van der Waals surface area contributed by atoms with E-state index in [1.807, 2.05) is 17.4 Å². The van der Waals surface area contributed by atoms with Gasteiger partial charge < -0.3 is 15.0 Å². The molecule has 3 nitrogen and oxygen atoms in total. The number of hydrogen-bond acceptors (Lipinski definition) is 4. The summed E-state index contributed by atoms with van der Waals surface area (Å²) in [5, 5.41) is 10.9. The maximum absolute atomic E-state index is 6.61. The van der Waals surface area contributed by atoms with Gasteiger partial charge in [0.25, 0.3) is 0 Å². The van der Waals surface area contributed by atoms with Crippen LogP contribution in [0.25, 0.3) is 52.8 Å². The molecule has 2 heterocycles. The van der Waals surface area contributed by atoms with Crippen molar-refractivity contribution in [3.05, 3.63) is 175 Å². The minimum Gasteiger partial charge on any atom is -0.464 e. The van der Waals surface area contributed by atoms with E-state index in [0.717, 1.165) is 50.2 Å². The van der Waals surface area contributed by atoms with E-state index >= 15 is 0 Å². The van der Waals surface area contributed by atoms with Crippen LogP contribution in [-0.2, 0) is 0 Å². The minimum absolute atomic E-state index is 0.212. The van der Waals surface area contributed by atoms with Crippen molar-refractivity contribution in [3.8, 4) is 16.9 Å². The number of rotatable bonds is 5. The summed E-state index contributed by atoms with van der Waals surface area (Å²) in [5.41, 5.74) is 7.92. The normalized spacial score (nSPS) is 13.8. The van der Waals surface area contributed by atoms with Crippen LogP contribution >= 0.6 is 11.3 Å². The Labute approximate surface area is 288 Å². The van der Waals surface area contributed by atoms with Crippen LogP contribution in [0.1, 0.15) is 11.8 Å². The molecule has 0 amide bonds. The van der Waals surface area contributed by atoms with Gasteiger partial charge in [-0.15, -0.1) is 11.3 Å². The average Bonchev–Trinajstić information content (AvgIpc) is 3.78. The molecule has 0 bridgehead atoms. The third kappa shape index (κ3) is 4.64. The smallest absolute Gasteiger partial charge is 0.196 e. The van der Waals surface area contributed by atoms with Gasteiger partial charge in [0.2, 0.25) is 0 Å². The Bertz CT molecular complexity index is 2680. The number of thiophene rings is 1. The number of nitrogens with zero attached hydrogens (tertiary/aromatic N) is 1. The summed E-state index contributed by atoms with van der Waals surface area (Å²) in [4.78, 5) is 2.36. The second-order valence-electron chi connectivity index (χ2n) is 12.6. The third-order valence-corrected chi connectivity index (χ3v) is 10.9. The predicted octanol–water partition coefficient (Wildman–Crippen LogP) is 13.0. The molecule has 0 radical (unpaired) electrons. The lowest BCUT2D eigenvalue weighted by Gasteiger charge is -2.26. The standard InChI is InChI=1S/C45H30N2OS/c1-3-11-30(12-4-1)45-46-40-26-23-29-21-22-32-28-35(24-25-36(32)42(29)43(40)48-45)47(33-14-5-2-6-15-33)34-16-9-13-31(27-34)37-18-10-19-39-38-17-7-8-20-41(38)49-44(37)39/h1-28,45-46H. The molecule has 8 aromatic carbocycles. The second-order valence-corrected chi connectivity index (χ2v) is 13.6. The number of benzene rings is 8. The first kappa shape index (κ1) is 28.0. The fourth-order valence-corrected chi connectivity index (χ4v) is 8.60. The van der Waals surface area contributed by atoms with Crippen molar-refractivity contribution in [1.82, 2.24) is 0 Å². The van der Waals surface area contributed by atoms with Gasteiger partial charge >= 0.3 is 0 Å². The number of hydrogen-bond donors (Lipinski definition) is 1. The molecular formula is C45H30N2OS. The molecule has 0 aliphatic carbocycles. The molecule has 1 N–H and O–H groups in total. The zero-order chi connectivity index (χ0) is 32.3. The monoisotopic (exact) mass is 646 g/mol. The Balaban J connectivity index is 1.10. The molecule has 0 fully saturated rings. The number of para-hydroxylation sites is 1. The lowest BCUT2D eigenvalue weighted by molar-refractivity contribution is 0.263. The van der Waals surface area contributed by atoms with Gasteiger partial charge in [0.05, 0.1) is 5.69 Å². The molecule has 10 rings (SSSR count). The largest absolute Gasteiger partial charge is 0.464 e. The third-order valence-electron chi connectivity index (χ3n) is 9.65. The van der Waals surface area contributed by atoms with E-state index in [1.54, 1.807) is 0 Å². The lowest BCUT2D eigenvalue weighted by Crippen LogP contribution is -2.10. The fraction of sp³-hybridized carbons (Fsp3) is 0.0222. The summed E-state index contributed by atoms with van der Waals surface area (Å²) in [6, 6.07) is 60.9. The summed E-state index contributed by atoms with van der Waals surface area (Å²) < 4.78 is 9.26. The van der Waals surface area contributed by atoms with Crippen molar-refractivity contribution >= 4 is 75.8 Å². The molecule has 1 aromatic heterocycles. The van der Waals surface area contributed by atoms with Gasteiger partial charge in [0, 0.05) is 48.2 Å². The van der Waals surface area contributed by atoms with E-state index in [-0.39, 0.29) is 6.23 Å². The molecule has 1 aliphatic heterocycles. The Morgan fingerprint density at radius 1 is 0.531 bits per heavy atom.